The Kier molecular flexibility index (Phi) is 7.66. The Morgan fingerprint density at radius 1 is 0.969 bits per heavy atom. The molecule has 1 atom stereocenters. The first-order valence-electron chi connectivity index (χ1n) is 10.7. The second-order valence-electron chi connectivity index (χ2n) is 8.16. The third-order valence-electron chi connectivity index (χ3n) is 5.65. The summed E-state index contributed by atoms with van der Waals surface area (Å²) in [5.41, 5.74) is 0.372. The zero-order chi connectivity index (χ0) is 23.3. The molecule has 2 aromatic carbocycles. The summed E-state index contributed by atoms with van der Waals surface area (Å²) in [6.45, 7) is 6.04. The number of nitrogens with one attached hydrogen (secondary N) is 1. The Balaban J connectivity index is 1.69. The van der Waals surface area contributed by atoms with E-state index in [2.05, 4.69) is 10.2 Å². The molecule has 0 radical (unpaired) electrons. The summed E-state index contributed by atoms with van der Waals surface area (Å²) in [4.78, 5) is 29.7. The topological polar surface area (TPSA) is 61.9 Å². The number of rotatable bonds is 6. The molecule has 172 valence electrons. The Labute approximate surface area is 187 Å². The second-order valence-corrected chi connectivity index (χ2v) is 8.16. The zero-order valence-corrected chi connectivity index (χ0v) is 18.6. The zero-order valence-electron chi connectivity index (χ0n) is 18.6. The third-order valence-corrected chi connectivity index (χ3v) is 5.65. The molecule has 2 aromatic rings. The number of carbonyl (C=O) groups is 2. The summed E-state index contributed by atoms with van der Waals surface area (Å²) in [6, 6.07) is 10.1. The van der Waals surface area contributed by atoms with Crippen molar-refractivity contribution in [3.05, 3.63) is 59.7 Å². The number of methoxy groups -OCH3 is 1. The molecule has 0 bridgehead atoms. The molecule has 1 N–H and O–H groups in total. The quantitative estimate of drug-likeness (QED) is 0.740. The fraction of sp³-hybridized carbons (Fsp3) is 0.417. The molecule has 2 amide bonds. The van der Waals surface area contributed by atoms with Gasteiger partial charge in [-0.15, -0.1) is 0 Å². The first-order valence-corrected chi connectivity index (χ1v) is 10.7. The largest absolute Gasteiger partial charge is 0.497 e. The molecule has 0 aromatic heterocycles. The predicted octanol–water partition coefficient (Wildman–Crippen LogP) is 3.47. The highest BCUT2D eigenvalue weighted by molar-refractivity contribution is 5.98. The van der Waals surface area contributed by atoms with Gasteiger partial charge in [-0.05, 0) is 48.7 Å². The standard InChI is InChI=1S/C24H29F2N3O3/c1-16(2)22(27-23(30)21-19(25)6-4-7-20(21)26)24(31)29-13-5-12-28(14-15-29)17-8-10-18(32-3)11-9-17/h4,6-11,16,22H,5,12-15H2,1-3H3,(H,27,30)/t22-/m0/s1. The maximum Gasteiger partial charge on any atom is 0.257 e. The number of hydrogen-bond acceptors (Lipinski definition) is 4. The summed E-state index contributed by atoms with van der Waals surface area (Å²) >= 11 is 0. The molecule has 0 aliphatic carbocycles. The van der Waals surface area contributed by atoms with Crippen LogP contribution in [0.25, 0.3) is 0 Å². The van der Waals surface area contributed by atoms with Gasteiger partial charge in [-0.1, -0.05) is 19.9 Å². The van der Waals surface area contributed by atoms with E-state index in [1.54, 1.807) is 25.9 Å². The molecule has 3 rings (SSSR count). The van der Waals surface area contributed by atoms with Crippen LogP contribution in [0.3, 0.4) is 0 Å². The number of amides is 2. The van der Waals surface area contributed by atoms with Gasteiger partial charge >= 0.3 is 0 Å². The third kappa shape index (κ3) is 5.36. The SMILES string of the molecule is COc1ccc(N2CCCN(C(=O)[C@@H](NC(=O)c3c(F)cccc3F)C(C)C)CC2)cc1. The summed E-state index contributed by atoms with van der Waals surface area (Å²) in [7, 11) is 1.62. The van der Waals surface area contributed by atoms with Crippen molar-refractivity contribution in [2.45, 2.75) is 26.3 Å². The number of ether oxygens (including phenoxy) is 1. The van der Waals surface area contributed by atoms with Gasteiger partial charge in [-0.3, -0.25) is 9.59 Å². The lowest BCUT2D eigenvalue weighted by atomic mass is 10.0. The molecule has 1 heterocycles. The van der Waals surface area contributed by atoms with Crippen LogP contribution in [0.4, 0.5) is 14.5 Å². The van der Waals surface area contributed by atoms with Crippen molar-refractivity contribution in [2.75, 3.05) is 38.2 Å². The number of nitrogens with zero attached hydrogens (tertiary/aromatic N) is 2. The van der Waals surface area contributed by atoms with Crippen LogP contribution in [0.15, 0.2) is 42.5 Å². The van der Waals surface area contributed by atoms with Crippen LogP contribution < -0.4 is 15.0 Å². The Morgan fingerprint density at radius 3 is 2.22 bits per heavy atom. The molecule has 0 spiro atoms. The van der Waals surface area contributed by atoms with Crippen LogP contribution >= 0.6 is 0 Å². The van der Waals surface area contributed by atoms with Crippen molar-refractivity contribution >= 4 is 17.5 Å². The first-order chi connectivity index (χ1) is 15.3. The van der Waals surface area contributed by atoms with E-state index in [9.17, 15) is 18.4 Å². The maximum atomic E-state index is 14.0. The van der Waals surface area contributed by atoms with Gasteiger partial charge in [0, 0.05) is 31.9 Å². The van der Waals surface area contributed by atoms with Gasteiger partial charge in [-0.2, -0.15) is 0 Å². The maximum absolute atomic E-state index is 14.0. The fourth-order valence-corrected chi connectivity index (χ4v) is 3.83. The van der Waals surface area contributed by atoms with Crippen LogP contribution in [0.2, 0.25) is 0 Å². The predicted molar refractivity (Wildman–Crippen MR) is 119 cm³/mol. The summed E-state index contributed by atoms with van der Waals surface area (Å²) in [5, 5.41) is 2.55. The van der Waals surface area contributed by atoms with Gasteiger partial charge in [0.1, 0.15) is 29.0 Å². The van der Waals surface area contributed by atoms with Crippen molar-refractivity contribution in [2.24, 2.45) is 5.92 Å². The van der Waals surface area contributed by atoms with Gasteiger partial charge in [0.25, 0.3) is 5.91 Å². The lowest BCUT2D eigenvalue weighted by molar-refractivity contribution is -0.134. The van der Waals surface area contributed by atoms with Crippen LogP contribution in [-0.4, -0.2) is 56.0 Å². The number of anilines is 1. The van der Waals surface area contributed by atoms with Crippen molar-refractivity contribution in [1.29, 1.82) is 0 Å². The Hall–Kier alpha value is -3.16. The molecule has 1 aliphatic rings. The van der Waals surface area contributed by atoms with Crippen molar-refractivity contribution < 1.29 is 23.1 Å². The molecular weight excluding hydrogens is 416 g/mol. The number of halogens is 2. The lowest BCUT2D eigenvalue weighted by Crippen LogP contribution is -2.52. The molecule has 8 heteroatoms. The molecule has 6 nitrogen and oxygen atoms in total. The minimum absolute atomic E-state index is 0.248. The van der Waals surface area contributed by atoms with E-state index in [1.807, 2.05) is 24.3 Å². The van der Waals surface area contributed by atoms with Gasteiger partial charge in [-0.25, -0.2) is 8.78 Å². The van der Waals surface area contributed by atoms with E-state index >= 15 is 0 Å². The van der Waals surface area contributed by atoms with E-state index in [-0.39, 0.29) is 11.8 Å². The van der Waals surface area contributed by atoms with Crippen molar-refractivity contribution in [3.8, 4) is 5.75 Å². The summed E-state index contributed by atoms with van der Waals surface area (Å²) in [5.74, 6) is -2.56. The molecule has 0 unspecified atom stereocenters. The van der Waals surface area contributed by atoms with E-state index in [0.29, 0.717) is 19.6 Å². The Bertz CT molecular complexity index is 930. The highest BCUT2D eigenvalue weighted by atomic mass is 19.1. The van der Waals surface area contributed by atoms with Gasteiger partial charge < -0.3 is 19.9 Å². The van der Waals surface area contributed by atoms with Crippen LogP contribution in [0.5, 0.6) is 5.75 Å². The van der Waals surface area contributed by atoms with E-state index in [0.717, 1.165) is 36.5 Å². The van der Waals surface area contributed by atoms with Crippen LogP contribution in [-0.2, 0) is 4.79 Å². The molecule has 1 saturated heterocycles. The number of benzene rings is 2. The number of carbonyl (C=O) groups excluding carboxylic acids is 2. The van der Waals surface area contributed by atoms with Gasteiger partial charge in [0.15, 0.2) is 0 Å². The van der Waals surface area contributed by atoms with Gasteiger partial charge in [0.05, 0.1) is 7.11 Å². The minimum atomic E-state index is -0.956. The molecular formula is C24H29F2N3O3. The van der Waals surface area contributed by atoms with E-state index < -0.39 is 29.1 Å². The molecule has 0 saturated carbocycles. The first kappa shape index (κ1) is 23.5. The highest BCUT2D eigenvalue weighted by Crippen LogP contribution is 2.21. The smallest absolute Gasteiger partial charge is 0.257 e. The number of hydrogen-bond donors (Lipinski definition) is 1. The average molecular weight is 446 g/mol. The van der Waals surface area contributed by atoms with E-state index in [4.69, 9.17) is 4.74 Å². The van der Waals surface area contributed by atoms with Gasteiger partial charge in [0.2, 0.25) is 5.91 Å². The summed E-state index contributed by atoms with van der Waals surface area (Å²) < 4.78 is 33.2. The molecule has 1 aliphatic heterocycles. The summed E-state index contributed by atoms with van der Waals surface area (Å²) in [6.07, 6.45) is 0.762. The Morgan fingerprint density at radius 2 is 1.62 bits per heavy atom. The van der Waals surface area contributed by atoms with Crippen molar-refractivity contribution in [1.82, 2.24) is 10.2 Å². The average Bonchev–Trinajstić information content (AvgIpc) is 3.03. The van der Waals surface area contributed by atoms with E-state index in [1.165, 1.54) is 6.07 Å². The monoisotopic (exact) mass is 445 g/mol. The normalized spacial score (nSPS) is 15.3. The highest BCUT2D eigenvalue weighted by Gasteiger charge is 2.31. The minimum Gasteiger partial charge on any atom is -0.497 e. The van der Waals surface area contributed by atoms with Crippen molar-refractivity contribution in [3.63, 3.8) is 0 Å². The fourth-order valence-electron chi connectivity index (χ4n) is 3.83. The van der Waals surface area contributed by atoms with Crippen LogP contribution in [0, 0.1) is 17.6 Å². The van der Waals surface area contributed by atoms with Crippen LogP contribution in [0.1, 0.15) is 30.6 Å². The second kappa shape index (κ2) is 10.4. The molecule has 32 heavy (non-hydrogen) atoms. The lowest BCUT2D eigenvalue weighted by Gasteiger charge is -2.29. The molecule has 1 fully saturated rings.